The number of nitrogens with zero attached hydrogens (tertiary/aromatic N) is 2. The molecule has 2 rings (SSSR count). The third-order valence-corrected chi connectivity index (χ3v) is 6.57. The van der Waals surface area contributed by atoms with E-state index in [0.717, 1.165) is 24.3 Å². The molecule has 0 radical (unpaired) electrons. The summed E-state index contributed by atoms with van der Waals surface area (Å²) < 4.78 is 23.9. The molecule has 0 aromatic carbocycles. The first-order valence-electron chi connectivity index (χ1n) is 5.85. The zero-order chi connectivity index (χ0) is 12.5. The molecular formula is C10H17N3O2S2. The zero-order valence-corrected chi connectivity index (χ0v) is 11.4. The largest absolute Gasteiger partial charge is 0.322 e. The molecule has 2 heterocycles. The Morgan fingerprint density at radius 2 is 2.24 bits per heavy atom. The molecule has 2 atom stereocenters. The second-order valence-electron chi connectivity index (χ2n) is 4.34. The highest BCUT2D eigenvalue weighted by Crippen LogP contribution is 2.35. The highest BCUT2D eigenvalue weighted by atomic mass is 32.2. The van der Waals surface area contributed by atoms with Crippen molar-refractivity contribution < 1.29 is 8.42 Å². The molecule has 1 aliphatic rings. The van der Waals surface area contributed by atoms with E-state index in [1.807, 2.05) is 6.92 Å². The lowest BCUT2D eigenvalue weighted by Gasteiger charge is -2.19. The second-order valence-corrected chi connectivity index (χ2v) is 7.69. The summed E-state index contributed by atoms with van der Waals surface area (Å²) in [6.45, 7) is 1.98. The smallest absolute Gasteiger partial charge is 0.159 e. The van der Waals surface area contributed by atoms with Crippen LogP contribution in [0.5, 0.6) is 0 Å². The lowest BCUT2D eigenvalue weighted by Crippen LogP contribution is -2.21. The van der Waals surface area contributed by atoms with Crippen molar-refractivity contribution in [2.24, 2.45) is 5.73 Å². The summed E-state index contributed by atoms with van der Waals surface area (Å²) in [5.74, 6) is 0.270. The summed E-state index contributed by atoms with van der Waals surface area (Å²) in [7, 11) is -3.03. The molecule has 0 spiro atoms. The van der Waals surface area contributed by atoms with Crippen LogP contribution in [-0.4, -0.2) is 24.4 Å². The quantitative estimate of drug-likeness (QED) is 0.905. The van der Waals surface area contributed by atoms with Crippen molar-refractivity contribution >= 4 is 21.2 Å². The summed E-state index contributed by atoms with van der Waals surface area (Å²) in [5, 5.41) is 8.92. The van der Waals surface area contributed by atoms with Gasteiger partial charge in [0.15, 0.2) is 9.84 Å². The molecular weight excluding hydrogens is 258 g/mol. The van der Waals surface area contributed by atoms with Gasteiger partial charge in [-0.1, -0.05) is 24.7 Å². The maximum absolute atomic E-state index is 11.9. The van der Waals surface area contributed by atoms with Crippen LogP contribution in [0, 0.1) is 0 Å². The number of hydrogen-bond donors (Lipinski definition) is 1. The molecule has 17 heavy (non-hydrogen) atoms. The molecule has 7 heteroatoms. The van der Waals surface area contributed by atoms with Gasteiger partial charge in [-0.25, -0.2) is 8.42 Å². The maximum Gasteiger partial charge on any atom is 0.159 e. The molecule has 0 amide bonds. The van der Waals surface area contributed by atoms with Crippen molar-refractivity contribution in [2.75, 3.05) is 5.75 Å². The van der Waals surface area contributed by atoms with Crippen molar-refractivity contribution in [3.63, 3.8) is 0 Å². The van der Waals surface area contributed by atoms with Gasteiger partial charge >= 0.3 is 0 Å². The molecule has 2 unspecified atom stereocenters. The van der Waals surface area contributed by atoms with E-state index >= 15 is 0 Å². The summed E-state index contributed by atoms with van der Waals surface area (Å²) in [5.41, 5.74) is 5.86. The van der Waals surface area contributed by atoms with E-state index < -0.39 is 15.1 Å². The third-order valence-electron chi connectivity index (χ3n) is 3.07. The SMILES string of the molecule is CCC(N)c1nnc(C2CCCCS2(=O)=O)s1. The van der Waals surface area contributed by atoms with E-state index in [1.165, 1.54) is 11.3 Å². The van der Waals surface area contributed by atoms with Gasteiger partial charge in [-0.3, -0.25) is 0 Å². The van der Waals surface area contributed by atoms with Crippen molar-refractivity contribution in [1.82, 2.24) is 10.2 Å². The molecule has 96 valence electrons. The lowest BCUT2D eigenvalue weighted by molar-refractivity contribution is 0.544. The zero-order valence-electron chi connectivity index (χ0n) is 9.80. The molecule has 0 saturated carbocycles. The standard InChI is InChI=1S/C10H17N3O2S2/c1-2-7(11)9-12-13-10(16-9)8-5-3-4-6-17(8,14)15/h7-8H,2-6,11H2,1H3. The third kappa shape index (κ3) is 2.66. The topological polar surface area (TPSA) is 85.9 Å². The molecule has 1 aromatic heterocycles. The van der Waals surface area contributed by atoms with Crippen LogP contribution in [0.3, 0.4) is 0 Å². The maximum atomic E-state index is 11.9. The van der Waals surface area contributed by atoms with Crippen molar-refractivity contribution in [1.29, 1.82) is 0 Å². The Bertz CT molecular complexity index is 483. The van der Waals surface area contributed by atoms with Crippen LogP contribution in [0.4, 0.5) is 0 Å². The Labute approximate surface area is 105 Å². The minimum Gasteiger partial charge on any atom is -0.322 e. The second kappa shape index (κ2) is 4.99. The van der Waals surface area contributed by atoms with E-state index in [2.05, 4.69) is 10.2 Å². The molecule has 2 N–H and O–H groups in total. The normalized spacial score (nSPS) is 25.6. The molecule has 1 fully saturated rings. The average molecular weight is 275 g/mol. The van der Waals surface area contributed by atoms with Crippen LogP contribution >= 0.6 is 11.3 Å². The molecule has 1 aliphatic heterocycles. The van der Waals surface area contributed by atoms with E-state index in [0.29, 0.717) is 11.4 Å². The fourth-order valence-corrected chi connectivity index (χ4v) is 5.23. The number of rotatable bonds is 3. The monoisotopic (exact) mass is 275 g/mol. The first-order valence-corrected chi connectivity index (χ1v) is 8.38. The minimum absolute atomic E-state index is 0.132. The van der Waals surface area contributed by atoms with Gasteiger partial charge in [-0.2, -0.15) is 0 Å². The first-order chi connectivity index (χ1) is 8.04. The first kappa shape index (κ1) is 12.9. The van der Waals surface area contributed by atoms with Gasteiger partial charge in [-0.15, -0.1) is 10.2 Å². The highest BCUT2D eigenvalue weighted by molar-refractivity contribution is 7.91. The number of hydrogen-bond acceptors (Lipinski definition) is 6. The van der Waals surface area contributed by atoms with E-state index in [1.54, 1.807) is 0 Å². The Kier molecular flexibility index (Phi) is 3.79. The van der Waals surface area contributed by atoms with E-state index in [4.69, 9.17) is 5.73 Å². The summed E-state index contributed by atoms with van der Waals surface area (Å²) in [6.07, 6.45) is 3.15. The predicted molar refractivity (Wildman–Crippen MR) is 67.5 cm³/mol. The number of aromatic nitrogens is 2. The molecule has 1 saturated heterocycles. The Hall–Kier alpha value is -0.530. The Balaban J connectivity index is 2.25. The van der Waals surface area contributed by atoms with Crippen LogP contribution < -0.4 is 5.73 Å². The Morgan fingerprint density at radius 1 is 1.47 bits per heavy atom. The summed E-state index contributed by atoms with van der Waals surface area (Å²) in [6, 6.07) is -0.132. The van der Waals surface area contributed by atoms with Crippen molar-refractivity contribution in [2.45, 2.75) is 43.9 Å². The minimum atomic E-state index is -3.03. The van der Waals surface area contributed by atoms with Crippen LogP contribution in [0.15, 0.2) is 0 Å². The van der Waals surface area contributed by atoms with Gasteiger partial charge in [0, 0.05) is 0 Å². The van der Waals surface area contributed by atoms with Crippen LogP contribution in [0.1, 0.15) is 53.9 Å². The van der Waals surface area contributed by atoms with Crippen LogP contribution in [0.2, 0.25) is 0 Å². The molecule has 5 nitrogen and oxygen atoms in total. The summed E-state index contributed by atoms with van der Waals surface area (Å²) >= 11 is 1.35. The van der Waals surface area contributed by atoms with Gasteiger partial charge in [0.1, 0.15) is 15.3 Å². The fraction of sp³-hybridized carbons (Fsp3) is 0.800. The van der Waals surface area contributed by atoms with Crippen molar-refractivity contribution in [3.8, 4) is 0 Å². The van der Waals surface area contributed by atoms with Crippen molar-refractivity contribution in [3.05, 3.63) is 10.0 Å². The van der Waals surface area contributed by atoms with E-state index in [9.17, 15) is 8.42 Å². The molecule has 0 aliphatic carbocycles. The molecule has 1 aromatic rings. The van der Waals surface area contributed by atoms with E-state index in [-0.39, 0.29) is 11.8 Å². The number of sulfone groups is 1. The van der Waals surface area contributed by atoms with Crippen LogP contribution in [-0.2, 0) is 9.84 Å². The van der Waals surface area contributed by atoms with Gasteiger partial charge in [0.05, 0.1) is 11.8 Å². The lowest BCUT2D eigenvalue weighted by atomic mass is 10.2. The predicted octanol–water partition coefficient (Wildman–Crippen LogP) is 1.59. The van der Waals surface area contributed by atoms with Gasteiger partial charge in [0.2, 0.25) is 0 Å². The Morgan fingerprint density at radius 3 is 2.88 bits per heavy atom. The van der Waals surface area contributed by atoms with Gasteiger partial charge in [-0.05, 0) is 19.3 Å². The number of nitrogens with two attached hydrogens (primary N) is 1. The van der Waals surface area contributed by atoms with Crippen LogP contribution in [0.25, 0.3) is 0 Å². The summed E-state index contributed by atoms with van der Waals surface area (Å²) in [4.78, 5) is 0. The average Bonchev–Trinajstić information content (AvgIpc) is 2.76. The fourth-order valence-electron chi connectivity index (χ4n) is 1.93. The van der Waals surface area contributed by atoms with Gasteiger partial charge < -0.3 is 5.73 Å². The highest BCUT2D eigenvalue weighted by Gasteiger charge is 2.33. The van der Waals surface area contributed by atoms with Gasteiger partial charge in [0.25, 0.3) is 0 Å². The molecule has 0 bridgehead atoms.